The topological polar surface area (TPSA) is 94.3 Å². The van der Waals surface area contributed by atoms with E-state index in [9.17, 15) is 9.59 Å². The van der Waals surface area contributed by atoms with Crippen LogP contribution in [-0.4, -0.2) is 29.4 Å². The van der Waals surface area contributed by atoms with Crippen LogP contribution in [-0.2, 0) is 4.79 Å². The van der Waals surface area contributed by atoms with E-state index in [-0.39, 0.29) is 5.69 Å². The number of pyridine rings is 1. The molecule has 6 heteroatoms. The summed E-state index contributed by atoms with van der Waals surface area (Å²) in [4.78, 5) is 27.2. The Kier molecular flexibility index (Phi) is 5.95. The molecule has 0 saturated carbocycles. The predicted octanol–water partition coefficient (Wildman–Crippen LogP) is 0.864. The van der Waals surface area contributed by atoms with Gasteiger partial charge in [-0.15, -0.1) is 0 Å². The number of aromatic nitrogens is 1. The Bertz CT molecular complexity index is 447. The summed E-state index contributed by atoms with van der Waals surface area (Å²) >= 11 is 0. The SMILES string of the molecule is CCCCOc1cccnc1C(=O)NC(=O)[C@H](C)N. The number of amides is 2. The zero-order chi connectivity index (χ0) is 14.3. The number of nitrogens with zero attached hydrogens (tertiary/aromatic N) is 1. The largest absolute Gasteiger partial charge is 0.491 e. The smallest absolute Gasteiger partial charge is 0.280 e. The third-order valence-corrected chi connectivity index (χ3v) is 2.39. The standard InChI is InChI=1S/C13H19N3O3/c1-3-4-8-19-10-6-5-7-15-11(10)13(18)16-12(17)9(2)14/h5-7,9H,3-4,8,14H2,1-2H3,(H,16,17,18)/t9-/m0/s1. The third-order valence-electron chi connectivity index (χ3n) is 2.39. The maximum Gasteiger partial charge on any atom is 0.280 e. The Labute approximate surface area is 112 Å². The maximum atomic E-state index is 11.9. The summed E-state index contributed by atoms with van der Waals surface area (Å²) < 4.78 is 5.47. The molecule has 1 atom stereocenters. The minimum Gasteiger partial charge on any atom is -0.491 e. The van der Waals surface area contributed by atoms with Crippen LogP contribution in [0.5, 0.6) is 5.75 Å². The van der Waals surface area contributed by atoms with Crippen molar-refractivity contribution in [3.63, 3.8) is 0 Å². The van der Waals surface area contributed by atoms with Gasteiger partial charge in [0.2, 0.25) is 5.91 Å². The van der Waals surface area contributed by atoms with E-state index in [0.717, 1.165) is 12.8 Å². The Hall–Kier alpha value is -1.95. The molecule has 104 valence electrons. The van der Waals surface area contributed by atoms with Gasteiger partial charge in [0.15, 0.2) is 11.4 Å². The molecule has 3 N–H and O–H groups in total. The van der Waals surface area contributed by atoms with Crippen molar-refractivity contribution < 1.29 is 14.3 Å². The van der Waals surface area contributed by atoms with Gasteiger partial charge in [0.25, 0.3) is 5.91 Å². The van der Waals surface area contributed by atoms with E-state index < -0.39 is 17.9 Å². The van der Waals surface area contributed by atoms with Gasteiger partial charge in [0.05, 0.1) is 12.6 Å². The van der Waals surface area contributed by atoms with Gasteiger partial charge >= 0.3 is 0 Å². The summed E-state index contributed by atoms with van der Waals surface area (Å²) in [6, 6.07) is 2.57. The molecule has 0 spiro atoms. The number of ether oxygens (including phenoxy) is 1. The molecule has 0 aliphatic heterocycles. The highest BCUT2D eigenvalue weighted by atomic mass is 16.5. The Morgan fingerprint density at radius 2 is 2.26 bits per heavy atom. The van der Waals surface area contributed by atoms with Gasteiger partial charge in [-0.2, -0.15) is 0 Å². The van der Waals surface area contributed by atoms with Crippen molar-refractivity contribution in [3.05, 3.63) is 24.0 Å². The number of imide groups is 1. The number of nitrogens with two attached hydrogens (primary N) is 1. The highest BCUT2D eigenvalue weighted by Crippen LogP contribution is 2.15. The Morgan fingerprint density at radius 1 is 1.53 bits per heavy atom. The number of carbonyl (C=O) groups excluding carboxylic acids is 2. The van der Waals surface area contributed by atoms with Crippen molar-refractivity contribution in [3.8, 4) is 5.75 Å². The fourth-order valence-electron chi connectivity index (χ4n) is 1.29. The molecule has 1 rings (SSSR count). The molecule has 0 saturated heterocycles. The molecule has 0 fully saturated rings. The van der Waals surface area contributed by atoms with Crippen LogP contribution in [0.3, 0.4) is 0 Å². The fraction of sp³-hybridized carbons (Fsp3) is 0.462. The molecule has 1 aromatic rings. The molecule has 0 radical (unpaired) electrons. The first-order chi connectivity index (χ1) is 9.06. The molecule has 2 amide bonds. The lowest BCUT2D eigenvalue weighted by molar-refractivity contribution is -0.121. The van der Waals surface area contributed by atoms with Gasteiger partial charge in [-0.05, 0) is 25.5 Å². The van der Waals surface area contributed by atoms with E-state index >= 15 is 0 Å². The lowest BCUT2D eigenvalue weighted by Gasteiger charge is -2.10. The van der Waals surface area contributed by atoms with Crippen LogP contribution in [0.2, 0.25) is 0 Å². The van der Waals surface area contributed by atoms with E-state index in [1.54, 1.807) is 12.1 Å². The maximum absolute atomic E-state index is 11.9. The van der Waals surface area contributed by atoms with E-state index in [1.165, 1.54) is 13.1 Å². The van der Waals surface area contributed by atoms with Crippen molar-refractivity contribution in [1.82, 2.24) is 10.3 Å². The highest BCUT2D eigenvalue weighted by Gasteiger charge is 2.18. The van der Waals surface area contributed by atoms with Crippen LogP contribution in [0.25, 0.3) is 0 Å². The zero-order valence-electron chi connectivity index (χ0n) is 11.2. The molecule has 0 aliphatic rings. The first-order valence-corrected chi connectivity index (χ1v) is 6.24. The summed E-state index contributed by atoms with van der Waals surface area (Å²) in [6.45, 7) is 4.05. The zero-order valence-corrected chi connectivity index (χ0v) is 11.2. The lowest BCUT2D eigenvalue weighted by Crippen LogP contribution is -2.41. The van der Waals surface area contributed by atoms with E-state index in [0.29, 0.717) is 12.4 Å². The second-order valence-corrected chi connectivity index (χ2v) is 4.16. The van der Waals surface area contributed by atoms with E-state index in [4.69, 9.17) is 10.5 Å². The van der Waals surface area contributed by atoms with Crippen LogP contribution >= 0.6 is 0 Å². The number of unbranched alkanes of at least 4 members (excludes halogenated alkanes) is 1. The third kappa shape index (κ3) is 4.67. The average Bonchev–Trinajstić information content (AvgIpc) is 2.39. The normalized spacial score (nSPS) is 11.7. The van der Waals surface area contributed by atoms with Crippen LogP contribution in [0.4, 0.5) is 0 Å². The first-order valence-electron chi connectivity index (χ1n) is 6.24. The molecule has 6 nitrogen and oxygen atoms in total. The molecule has 0 unspecified atom stereocenters. The highest BCUT2D eigenvalue weighted by molar-refractivity contribution is 6.06. The van der Waals surface area contributed by atoms with Crippen molar-refractivity contribution in [2.75, 3.05) is 6.61 Å². The van der Waals surface area contributed by atoms with Crippen LogP contribution in [0, 0.1) is 0 Å². The molecule has 19 heavy (non-hydrogen) atoms. The molecular weight excluding hydrogens is 246 g/mol. The lowest BCUT2D eigenvalue weighted by atomic mass is 10.2. The Balaban J connectivity index is 2.75. The first kappa shape index (κ1) is 15.1. The van der Waals surface area contributed by atoms with Crippen LogP contribution in [0.1, 0.15) is 37.2 Å². The number of nitrogens with one attached hydrogen (secondary N) is 1. The van der Waals surface area contributed by atoms with Crippen molar-refractivity contribution in [1.29, 1.82) is 0 Å². The van der Waals surface area contributed by atoms with E-state index in [2.05, 4.69) is 10.3 Å². The number of carbonyl (C=O) groups is 2. The molecule has 0 bridgehead atoms. The minimum atomic E-state index is -0.753. The quantitative estimate of drug-likeness (QED) is 0.744. The Morgan fingerprint density at radius 3 is 2.89 bits per heavy atom. The van der Waals surface area contributed by atoms with Crippen molar-refractivity contribution >= 4 is 11.8 Å². The van der Waals surface area contributed by atoms with Gasteiger partial charge in [-0.1, -0.05) is 13.3 Å². The van der Waals surface area contributed by atoms with Crippen molar-refractivity contribution in [2.45, 2.75) is 32.7 Å². The summed E-state index contributed by atoms with van der Waals surface area (Å²) in [7, 11) is 0. The molecule has 1 aromatic heterocycles. The van der Waals surface area contributed by atoms with Gasteiger partial charge in [-0.25, -0.2) is 4.98 Å². The van der Waals surface area contributed by atoms with Crippen molar-refractivity contribution in [2.24, 2.45) is 5.73 Å². The van der Waals surface area contributed by atoms with Gasteiger partial charge in [0.1, 0.15) is 0 Å². The van der Waals surface area contributed by atoms with Gasteiger partial charge in [-0.3, -0.25) is 14.9 Å². The van der Waals surface area contributed by atoms with E-state index in [1.807, 2.05) is 6.92 Å². The van der Waals surface area contributed by atoms with Crippen LogP contribution in [0.15, 0.2) is 18.3 Å². The predicted molar refractivity (Wildman–Crippen MR) is 70.8 cm³/mol. The molecule has 0 aromatic carbocycles. The fourth-order valence-corrected chi connectivity index (χ4v) is 1.29. The van der Waals surface area contributed by atoms with Gasteiger partial charge in [0, 0.05) is 6.20 Å². The van der Waals surface area contributed by atoms with Crippen LogP contribution < -0.4 is 15.8 Å². The number of hydrogen-bond acceptors (Lipinski definition) is 5. The summed E-state index contributed by atoms with van der Waals surface area (Å²) in [5, 5.41) is 2.18. The summed E-state index contributed by atoms with van der Waals surface area (Å²) in [5.74, 6) is -0.782. The second kappa shape index (κ2) is 7.48. The second-order valence-electron chi connectivity index (χ2n) is 4.16. The summed E-state index contributed by atoms with van der Waals surface area (Å²) in [6.07, 6.45) is 3.34. The molecular formula is C13H19N3O3. The monoisotopic (exact) mass is 265 g/mol. The summed E-state index contributed by atoms with van der Waals surface area (Å²) in [5.41, 5.74) is 5.47. The average molecular weight is 265 g/mol. The van der Waals surface area contributed by atoms with Gasteiger partial charge < -0.3 is 10.5 Å². The minimum absolute atomic E-state index is 0.0904. The molecule has 1 heterocycles. The molecule has 0 aliphatic carbocycles. The number of hydrogen-bond donors (Lipinski definition) is 2. The number of rotatable bonds is 6.